The van der Waals surface area contributed by atoms with Gasteiger partial charge in [0.05, 0.1) is 12.2 Å². The van der Waals surface area contributed by atoms with E-state index in [0.29, 0.717) is 5.69 Å². The molecule has 0 saturated carbocycles. The first-order valence-electron chi connectivity index (χ1n) is 6.93. The second kappa shape index (κ2) is 7.41. The van der Waals surface area contributed by atoms with Gasteiger partial charge in [-0.25, -0.2) is 4.39 Å². The van der Waals surface area contributed by atoms with Gasteiger partial charge in [0.1, 0.15) is 5.82 Å². The lowest BCUT2D eigenvalue weighted by atomic mass is 10.2. The van der Waals surface area contributed by atoms with Gasteiger partial charge in [0, 0.05) is 18.5 Å². The third-order valence-corrected chi connectivity index (χ3v) is 4.01. The van der Waals surface area contributed by atoms with Crippen molar-refractivity contribution in [2.24, 2.45) is 0 Å². The number of hydrogen-bond acceptors (Lipinski definition) is 3. The van der Waals surface area contributed by atoms with Crippen LogP contribution in [0.4, 0.5) is 10.1 Å². The number of nitrogens with zero attached hydrogens (tertiary/aromatic N) is 1. The van der Waals surface area contributed by atoms with Crippen molar-refractivity contribution in [3.8, 4) is 0 Å². The highest BCUT2D eigenvalue weighted by atomic mass is 32.1. The Morgan fingerprint density at radius 3 is 2.80 bits per heavy atom. The molecule has 0 unspecified atom stereocenters. The van der Waals surface area contributed by atoms with Gasteiger partial charge in [-0.3, -0.25) is 0 Å². The quantitative estimate of drug-likeness (QED) is 0.775. The summed E-state index contributed by atoms with van der Waals surface area (Å²) < 4.78 is 14.2. The van der Waals surface area contributed by atoms with Crippen molar-refractivity contribution < 1.29 is 4.39 Å². The third kappa shape index (κ3) is 4.05. The van der Waals surface area contributed by atoms with E-state index < -0.39 is 0 Å². The van der Waals surface area contributed by atoms with Crippen molar-refractivity contribution >= 4 is 17.0 Å². The Morgan fingerprint density at radius 2 is 2.15 bits per heavy atom. The minimum absolute atomic E-state index is 0.153. The molecule has 2 aromatic rings. The molecule has 2 nitrogen and oxygen atoms in total. The summed E-state index contributed by atoms with van der Waals surface area (Å²) in [7, 11) is 1.92. The first kappa shape index (κ1) is 15.0. The number of anilines is 1. The molecule has 0 radical (unpaired) electrons. The van der Waals surface area contributed by atoms with E-state index in [0.717, 1.165) is 31.6 Å². The van der Waals surface area contributed by atoms with Crippen LogP contribution in [0.25, 0.3) is 0 Å². The minimum Gasteiger partial charge on any atom is -0.367 e. The van der Waals surface area contributed by atoms with Crippen molar-refractivity contribution in [2.45, 2.75) is 26.4 Å². The minimum atomic E-state index is -0.153. The van der Waals surface area contributed by atoms with E-state index in [9.17, 15) is 4.39 Å². The fourth-order valence-electron chi connectivity index (χ4n) is 2.10. The smallest absolute Gasteiger partial charge is 0.146 e. The van der Waals surface area contributed by atoms with E-state index in [4.69, 9.17) is 0 Å². The summed E-state index contributed by atoms with van der Waals surface area (Å²) in [6.07, 6.45) is 1.09. The van der Waals surface area contributed by atoms with E-state index >= 15 is 0 Å². The zero-order valence-electron chi connectivity index (χ0n) is 12.0. The molecule has 0 bridgehead atoms. The highest BCUT2D eigenvalue weighted by molar-refractivity contribution is 7.09. The lowest BCUT2D eigenvalue weighted by Crippen LogP contribution is -2.18. The molecule has 20 heavy (non-hydrogen) atoms. The van der Waals surface area contributed by atoms with E-state index in [2.05, 4.69) is 18.3 Å². The van der Waals surface area contributed by atoms with Gasteiger partial charge in [0.25, 0.3) is 0 Å². The molecule has 0 aliphatic carbocycles. The highest BCUT2D eigenvalue weighted by Gasteiger charge is 2.09. The molecule has 0 saturated heterocycles. The zero-order chi connectivity index (χ0) is 14.4. The molecule has 108 valence electrons. The van der Waals surface area contributed by atoms with Crippen LogP contribution in [0.1, 0.15) is 23.8 Å². The Balaban J connectivity index is 2.01. The van der Waals surface area contributed by atoms with Gasteiger partial charge < -0.3 is 10.2 Å². The second-order valence-electron chi connectivity index (χ2n) is 4.90. The maximum atomic E-state index is 14.2. The number of hydrogen-bond donors (Lipinski definition) is 1. The van der Waals surface area contributed by atoms with Crippen LogP contribution in [0, 0.1) is 5.82 Å². The normalized spacial score (nSPS) is 10.8. The highest BCUT2D eigenvalue weighted by Crippen LogP contribution is 2.22. The lowest BCUT2D eigenvalue weighted by molar-refractivity contribution is 0.614. The van der Waals surface area contributed by atoms with E-state index in [-0.39, 0.29) is 5.82 Å². The summed E-state index contributed by atoms with van der Waals surface area (Å²) in [6.45, 7) is 4.54. The number of thiophene rings is 1. The van der Waals surface area contributed by atoms with Crippen LogP contribution >= 0.6 is 11.3 Å². The number of nitrogens with one attached hydrogen (secondary N) is 1. The predicted octanol–water partition coefficient (Wildman–Crippen LogP) is 4.02. The summed E-state index contributed by atoms with van der Waals surface area (Å²) >= 11 is 1.69. The van der Waals surface area contributed by atoms with Crippen LogP contribution in [0.3, 0.4) is 0 Å². The van der Waals surface area contributed by atoms with Crippen molar-refractivity contribution in [3.63, 3.8) is 0 Å². The maximum Gasteiger partial charge on any atom is 0.146 e. The summed E-state index contributed by atoms with van der Waals surface area (Å²) in [5, 5.41) is 5.33. The molecule has 2 rings (SSSR count). The summed E-state index contributed by atoms with van der Waals surface area (Å²) in [5.41, 5.74) is 1.64. The van der Waals surface area contributed by atoms with Crippen molar-refractivity contribution in [3.05, 3.63) is 52.0 Å². The molecule has 1 aromatic heterocycles. The molecule has 0 aliphatic heterocycles. The zero-order valence-corrected chi connectivity index (χ0v) is 12.8. The topological polar surface area (TPSA) is 15.3 Å². The van der Waals surface area contributed by atoms with Crippen LogP contribution in [-0.4, -0.2) is 13.6 Å². The van der Waals surface area contributed by atoms with Gasteiger partial charge >= 0.3 is 0 Å². The largest absolute Gasteiger partial charge is 0.367 e. The standard InChI is InChI=1S/C16H21FN2S/c1-3-8-18-11-13-6-7-16(15(17)10-13)19(2)12-14-5-4-9-20-14/h4-7,9-10,18H,3,8,11-12H2,1-2H3. The molecule has 0 spiro atoms. The SMILES string of the molecule is CCCNCc1ccc(N(C)Cc2cccs2)c(F)c1. The van der Waals surface area contributed by atoms with Crippen LogP contribution in [-0.2, 0) is 13.1 Å². The molecule has 1 heterocycles. The molecule has 1 N–H and O–H groups in total. The molecule has 0 aliphatic rings. The van der Waals surface area contributed by atoms with Crippen LogP contribution in [0.15, 0.2) is 35.7 Å². The van der Waals surface area contributed by atoms with Gasteiger partial charge in [-0.15, -0.1) is 11.3 Å². The second-order valence-corrected chi connectivity index (χ2v) is 5.93. The van der Waals surface area contributed by atoms with Crippen LogP contribution < -0.4 is 10.2 Å². The van der Waals surface area contributed by atoms with Crippen molar-refractivity contribution in [2.75, 3.05) is 18.5 Å². The lowest BCUT2D eigenvalue weighted by Gasteiger charge is -2.19. The van der Waals surface area contributed by atoms with E-state index in [1.54, 1.807) is 17.4 Å². The number of benzene rings is 1. The number of rotatable bonds is 7. The fourth-order valence-corrected chi connectivity index (χ4v) is 2.86. The molecular weight excluding hydrogens is 271 g/mol. The molecular formula is C16H21FN2S. The first-order valence-corrected chi connectivity index (χ1v) is 7.81. The average molecular weight is 292 g/mol. The monoisotopic (exact) mass is 292 g/mol. The van der Waals surface area contributed by atoms with Gasteiger partial charge in [-0.05, 0) is 42.1 Å². The summed E-state index contributed by atoms with van der Waals surface area (Å²) in [5.74, 6) is -0.153. The van der Waals surface area contributed by atoms with Crippen LogP contribution in [0.2, 0.25) is 0 Å². The Morgan fingerprint density at radius 1 is 1.30 bits per heavy atom. The van der Waals surface area contributed by atoms with Gasteiger partial charge in [0.2, 0.25) is 0 Å². The molecule has 0 amide bonds. The van der Waals surface area contributed by atoms with E-state index in [1.807, 2.05) is 35.5 Å². The molecule has 1 aromatic carbocycles. The van der Waals surface area contributed by atoms with Gasteiger partial charge in [-0.2, -0.15) is 0 Å². The van der Waals surface area contributed by atoms with Crippen molar-refractivity contribution in [1.29, 1.82) is 0 Å². The predicted molar refractivity (Wildman–Crippen MR) is 84.8 cm³/mol. The van der Waals surface area contributed by atoms with Crippen LogP contribution in [0.5, 0.6) is 0 Å². The Kier molecular flexibility index (Phi) is 5.56. The van der Waals surface area contributed by atoms with Crippen molar-refractivity contribution in [1.82, 2.24) is 5.32 Å². The third-order valence-electron chi connectivity index (χ3n) is 3.15. The van der Waals surface area contributed by atoms with E-state index in [1.165, 1.54) is 4.88 Å². The Labute approximate surface area is 124 Å². The number of halogens is 1. The summed E-state index contributed by atoms with van der Waals surface area (Å²) in [6, 6.07) is 9.58. The summed E-state index contributed by atoms with van der Waals surface area (Å²) in [4.78, 5) is 3.19. The molecule has 0 fully saturated rings. The average Bonchev–Trinajstić information content (AvgIpc) is 2.92. The maximum absolute atomic E-state index is 14.2. The molecule has 4 heteroatoms. The first-order chi connectivity index (χ1) is 9.70. The van der Waals surface area contributed by atoms with Gasteiger partial charge in [0.15, 0.2) is 0 Å². The van der Waals surface area contributed by atoms with Gasteiger partial charge in [-0.1, -0.05) is 19.1 Å². The molecule has 0 atom stereocenters. The Hall–Kier alpha value is -1.39. The Bertz CT molecular complexity index is 525. The fraction of sp³-hybridized carbons (Fsp3) is 0.375.